The Kier molecular flexibility index (Phi) is 3.90. The molecule has 0 fully saturated rings. The third-order valence-electron chi connectivity index (χ3n) is 4.40. The van der Waals surface area contributed by atoms with Crippen LogP contribution in [0, 0.1) is 0 Å². The molecule has 0 saturated heterocycles. The van der Waals surface area contributed by atoms with Gasteiger partial charge in [0.25, 0.3) is 0 Å². The van der Waals surface area contributed by atoms with Gasteiger partial charge in [-0.15, -0.1) is 0 Å². The first-order valence-electron chi connectivity index (χ1n) is 8.08. The predicted molar refractivity (Wildman–Crippen MR) is 103 cm³/mol. The van der Waals surface area contributed by atoms with Crippen molar-refractivity contribution in [2.45, 2.75) is 6.42 Å². The molecule has 0 atom stereocenters. The third kappa shape index (κ3) is 2.85. The van der Waals surface area contributed by atoms with Crippen LogP contribution in [-0.4, -0.2) is 12.2 Å². The lowest BCUT2D eigenvalue weighted by Crippen LogP contribution is -2.38. The van der Waals surface area contributed by atoms with Crippen molar-refractivity contribution in [3.63, 3.8) is 0 Å². The van der Waals surface area contributed by atoms with Crippen molar-refractivity contribution in [3.8, 4) is 5.75 Å². The first-order valence-corrected chi connectivity index (χ1v) is 8.46. The molecule has 25 heavy (non-hydrogen) atoms. The van der Waals surface area contributed by atoms with Gasteiger partial charge in [0.05, 0.1) is 11.4 Å². The van der Waals surface area contributed by atoms with Gasteiger partial charge in [0.2, 0.25) is 0 Å². The van der Waals surface area contributed by atoms with E-state index in [0.29, 0.717) is 17.1 Å². The molecule has 4 nitrogen and oxygen atoms in total. The molecule has 5 heteroatoms. The average Bonchev–Trinajstić information content (AvgIpc) is 2.93. The van der Waals surface area contributed by atoms with E-state index in [2.05, 4.69) is 17.6 Å². The largest absolute Gasteiger partial charge is 0.505 e. The van der Waals surface area contributed by atoms with Gasteiger partial charge in [-0.05, 0) is 29.8 Å². The van der Waals surface area contributed by atoms with E-state index in [-0.39, 0.29) is 5.75 Å². The Bertz CT molecular complexity index is 914. The van der Waals surface area contributed by atoms with Crippen molar-refractivity contribution in [3.05, 3.63) is 82.9 Å². The highest BCUT2D eigenvalue weighted by molar-refractivity contribution is 6.31. The number of hydrogen-bond donors (Lipinski definition) is 2. The quantitative estimate of drug-likeness (QED) is 0.708. The van der Waals surface area contributed by atoms with E-state index < -0.39 is 0 Å². The van der Waals surface area contributed by atoms with Gasteiger partial charge >= 0.3 is 0 Å². The standard InChI is InChI=1S/C20H18ClN3O/c1-23-18-11-10-16(21)13-17(18)22-24(23)19-9-5-8-15(20(19)25)12-14-6-3-2-4-7-14/h2-11,13,22,25H,12H2,1H3. The van der Waals surface area contributed by atoms with Gasteiger partial charge in [-0.3, -0.25) is 10.4 Å². The number of para-hydroxylation sites is 1. The van der Waals surface area contributed by atoms with Crippen molar-refractivity contribution in [2.75, 3.05) is 22.6 Å². The van der Waals surface area contributed by atoms with Crippen LogP contribution in [0.5, 0.6) is 5.75 Å². The molecule has 1 aliphatic heterocycles. The zero-order chi connectivity index (χ0) is 17.4. The summed E-state index contributed by atoms with van der Waals surface area (Å²) in [6.07, 6.45) is 0.677. The second-order valence-electron chi connectivity index (χ2n) is 6.06. The average molecular weight is 352 g/mol. The first-order chi connectivity index (χ1) is 12.1. The second-order valence-corrected chi connectivity index (χ2v) is 6.49. The van der Waals surface area contributed by atoms with Gasteiger partial charge in [0, 0.05) is 24.1 Å². The fraction of sp³-hybridized carbons (Fsp3) is 0.100. The molecule has 4 rings (SSSR count). The Hall–Kier alpha value is -2.85. The van der Waals surface area contributed by atoms with E-state index in [0.717, 1.165) is 22.5 Å². The van der Waals surface area contributed by atoms with Crippen LogP contribution in [0.15, 0.2) is 66.7 Å². The summed E-state index contributed by atoms with van der Waals surface area (Å²) < 4.78 is 0. The highest BCUT2D eigenvalue weighted by Crippen LogP contribution is 2.41. The summed E-state index contributed by atoms with van der Waals surface area (Å²) in [5.74, 6) is 0.268. The van der Waals surface area contributed by atoms with Crippen LogP contribution in [-0.2, 0) is 6.42 Å². The number of halogens is 1. The maximum Gasteiger partial charge on any atom is 0.146 e. The van der Waals surface area contributed by atoms with Gasteiger partial charge in [-0.1, -0.05) is 54.1 Å². The number of nitrogens with zero attached hydrogens (tertiary/aromatic N) is 2. The zero-order valence-electron chi connectivity index (χ0n) is 13.8. The molecule has 0 amide bonds. The lowest BCUT2D eigenvalue weighted by molar-refractivity contribution is 0.469. The number of aromatic hydroxyl groups is 1. The van der Waals surface area contributed by atoms with Crippen LogP contribution < -0.4 is 15.6 Å². The highest BCUT2D eigenvalue weighted by Gasteiger charge is 2.27. The lowest BCUT2D eigenvalue weighted by atomic mass is 10.0. The van der Waals surface area contributed by atoms with E-state index in [9.17, 15) is 5.11 Å². The molecule has 0 aromatic heterocycles. The van der Waals surface area contributed by atoms with E-state index in [1.54, 1.807) is 0 Å². The molecule has 3 aromatic carbocycles. The first kappa shape index (κ1) is 15.7. The fourth-order valence-corrected chi connectivity index (χ4v) is 3.28. The molecule has 1 aliphatic rings. The molecule has 0 bridgehead atoms. The zero-order valence-corrected chi connectivity index (χ0v) is 14.5. The van der Waals surface area contributed by atoms with Gasteiger partial charge in [0.15, 0.2) is 0 Å². The number of benzene rings is 3. The van der Waals surface area contributed by atoms with Crippen molar-refractivity contribution < 1.29 is 5.11 Å². The topological polar surface area (TPSA) is 38.7 Å². The molecular formula is C20H18ClN3O. The van der Waals surface area contributed by atoms with Crippen LogP contribution in [0.1, 0.15) is 11.1 Å². The van der Waals surface area contributed by atoms with Crippen molar-refractivity contribution in [1.29, 1.82) is 0 Å². The summed E-state index contributed by atoms with van der Waals surface area (Å²) in [5, 5.41) is 15.3. The minimum atomic E-state index is 0.268. The number of rotatable bonds is 3. The molecule has 0 saturated carbocycles. The Morgan fingerprint density at radius 1 is 0.960 bits per heavy atom. The van der Waals surface area contributed by atoms with Crippen LogP contribution in [0.25, 0.3) is 0 Å². The summed E-state index contributed by atoms with van der Waals surface area (Å²) in [6.45, 7) is 0. The molecule has 2 N–H and O–H groups in total. The number of anilines is 3. The Balaban J connectivity index is 1.67. The SMILES string of the molecule is CN1c2ccc(Cl)cc2NN1c1cccc(Cc2ccccc2)c1O. The number of nitrogens with one attached hydrogen (secondary N) is 1. The monoisotopic (exact) mass is 351 g/mol. The molecule has 1 heterocycles. The van der Waals surface area contributed by atoms with Crippen molar-refractivity contribution in [2.24, 2.45) is 0 Å². The molecule has 0 spiro atoms. The van der Waals surface area contributed by atoms with Crippen LogP contribution in [0.3, 0.4) is 0 Å². The summed E-state index contributed by atoms with van der Waals surface area (Å²) >= 11 is 6.09. The highest BCUT2D eigenvalue weighted by atomic mass is 35.5. The fourth-order valence-electron chi connectivity index (χ4n) is 3.11. The van der Waals surface area contributed by atoms with Crippen molar-refractivity contribution in [1.82, 2.24) is 0 Å². The molecule has 0 unspecified atom stereocenters. The third-order valence-corrected chi connectivity index (χ3v) is 4.63. The normalized spacial score (nSPS) is 12.9. The van der Waals surface area contributed by atoms with Gasteiger partial charge in [-0.25, -0.2) is 0 Å². The van der Waals surface area contributed by atoms with Crippen LogP contribution >= 0.6 is 11.6 Å². The second kappa shape index (κ2) is 6.22. The van der Waals surface area contributed by atoms with E-state index in [1.807, 2.05) is 71.8 Å². The maximum atomic E-state index is 10.8. The van der Waals surface area contributed by atoms with Crippen molar-refractivity contribution >= 4 is 28.7 Å². The smallest absolute Gasteiger partial charge is 0.146 e. The van der Waals surface area contributed by atoms with Gasteiger partial charge in [0.1, 0.15) is 11.4 Å². The maximum absolute atomic E-state index is 10.8. The Morgan fingerprint density at radius 2 is 1.76 bits per heavy atom. The minimum Gasteiger partial charge on any atom is -0.505 e. The predicted octanol–water partition coefficient (Wildman–Crippen LogP) is 4.83. The number of fused-ring (bicyclic) bond motifs is 1. The minimum absolute atomic E-state index is 0.268. The van der Waals surface area contributed by atoms with Crippen LogP contribution in [0.4, 0.5) is 17.1 Å². The molecular weight excluding hydrogens is 334 g/mol. The molecule has 0 radical (unpaired) electrons. The summed E-state index contributed by atoms with van der Waals surface area (Å²) in [7, 11) is 1.94. The number of hydrogen-bond acceptors (Lipinski definition) is 4. The van der Waals surface area contributed by atoms with E-state index in [1.165, 1.54) is 0 Å². The van der Waals surface area contributed by atoms with Gasteiger partial charge < -0.3 is 5.11 Å². The van der Waals surface area contributed by atoms with Crippen LogP contribution in [0.2, 0.25) is 5.02 Å². The summed E-state index contributed by atoms with van der Waals surface area (Å²) in [5.41, 5.74) is 7.93. The molecule has 126 valence electrons. The molecule has 0 aliphatic carbocycles. The van der Waals surface area contributed by atoms with E-state index in [4.69, 9.17) is 11.6 Å². The number of phenols is 1. The summed E-state index contributed by atoms with van der Waals surface area (Å²) in [4.78, 5) is 0. The van der Waals surface area contributed by atoms with E-state index >= 15 is 0 Å². The number of phenolic OH excluding ortho intramolecular Hbond substituents is 1. The Labute approximate surface area is 151 Å². The number of hydrazine groups is 2. The Morgan fingerprint density at radius 3 is 2.56 bits per heavy atom. The van der Waals surface area contributed by atoms with Gasteiger partial charge in [-0.2, -0.15) is 5.12 Å². The summed E-state index contributed by atoms with van der Waals surface area (Å²) in [6, 6.07) is 21.6. The lowest BCUT2D eigenvalue weighted by Gasteiger charge is -2.28. The molecule has 3 aromatic rings.